The molecule has 1 saturated heterocycles. The lowest BCUT2D eigenvalue weighted by atomic mass is 9.79. The van der Waals surface area contributed by atoms with Crippen LogP contribution in [0.25, 0.3) is 0 Å². The maximum atomic E-state index is 12.3. The van der Waals surface area contributed by atoms with Gasteiger partial charge in [-0.3, -0.25) is 9.69 Å². The van der Waals surface area contributed by atoms with Crippen molar-refractivity contribution < 1.29 is 19.1 Å². The van der Waals surface area contributed by atoms with Crippen LogP contribution in [0.15, 0.2) is 18.0 Å². The van der Waals surface area contributed by atoms with Crippen molar-refractivity contribution in [1.82, 2.24) is 15.2 Å². The molecule has 0 spiro atoms. The van der Waals surface area contributed by atoms with Crippen molar-refractivity contribution >= 4 is 28.3 Å². The van der Waals surface area contributed by atoms with E-state index in [-0.39, 0.29) is 23.7 Å². The van der Waals surface area contributed by atoms with Crippen molar-refractivity contribution in [2.24, 2.45) is 0 Å². The molecule has 2 fully saturated rings. The van der Waals surface area contributed by atoms with E-state index in [1.54, 1.807) is 11.5 Å². The average Bonchev–Trinajstić information content (AvgIpc) is 3.25. The molecule has 0 atom stereocenters. The van der Waals surface area contributed by atoms with Crippen LogP contribution in [0, 0.1) is 0 Å². The van der Waals surface area contributed by atoms with Crippen LogP contribution < -0.4 is 10.6 Å². The number of nitrogens with zero attached hydrogens (tertiary/aromatic N) is 2. The van der Waals surface area contributed by atoms with Crippen molar-refractivity contribution in [3.05, 3.63) is 23.7 Å². The Labute approximate surface area is 175 Å². The Kier molecular flexibility index (Phi) is 8.02. The summed E-state index contributed by atoms with van der Waals surface area (Å²) in [6, 6.07) is 0. The Hall–Kier alpha value is -1.97. The SMILES string of the molecule is C=CCNc1nc(C(=O)OCC(=O)NCC2(N3CCOCC3)CCCCC2)cs1. The topological polar surface area (TPSA) is 92.8 Å². The molecule has 3 rings (SSSR count). The fourth-order valence-corrected chi connectivity index (χ4v) is 4.67. The Morgan fingerprint density at radius 3 is 2.79 bits per heavy atom. The van der Waals surface area contributed by atoms with E-state index in [1.165, 1.54) is 30.6 Å². The minimum absolute atomic E-state index is 0.0116. The van der Waals surface area contributed by atoms with Crippen LogP contribution in [0.3, 0.4) is 0 Å². The van der Waals surface area contributed by atoms with E-state index in [9.17, 15) is 9.59 Å². The zero-order valence-electron chi connectivity index (χ0n) is 16.8. The number of anilines is 1. The number of rotatable bonds is 9. The number of morpholine rings is 1. The highest BCUT2D eigenvalue weighted by molar-refractivity contribution is 7.13. The van der Waals surface area contributed by atoms with E-state index in [1.807, 2.05) is 0 Å². The molecule has 0 aromatic carbocycles. The summed E-state index contributed by atoms with van der Waals surface area (Å²) in [7, 11) is 0. The Balaban J connectivity index is 1.47. The minimum Gasteiger partial charge on any atom is -0.451 e. The molecule has 0 unspecified atom stereocenters. The summed E-state index contributed by atoms with van der Waals surface area (Å²) in [5.74, 6) is -0.875. The summed E-state index contributed by atoms with van der Waals surface area (Å²) in [4.78, 5) is 31.1. The summed E-state index contributed by atoms with van der Waals surface area (Å²) >= 11 is 1.31. The summed E-state index contributed by atoms with van der Waals surface area (Å²) in [6.07, 6.45) is 7.45. The maximum absolute atomic E-state index is 12.3. The molecule has 0 bridgehead atoms. The summed E-state index contributed by atoms with van der Waals surface area (Å²) < 4.78 is 10.6. The van der Waals surface area contributed by atoms with Gasteiger partial charge in [-0.1, -0.05) is 25.3 Å². The highest BCUT2D eigenvalue weighted by Gasteiger charge is 2.38. The standard InChI is InChI=1S/C20H30N4O4S/c1-2-8-21-19-23-16(14-29-19)18(26)28-13-17(25)22-15-20(6-4-3-5-7-20)24-9-11-27-12-10-24/h2,14H,1,3-13,15H2,(H,21,23)(H,22,25). The van der Waals surface area contributed by atoms with Gasteiger partial charge in [-0.05, 0) is 12.8 Å². The van der Waals surface area contributed by atoms with Crippen molar-refractivity contribution in [1.29, 1.82) is 0 Å². The summed E-state index contributed by atoms with van der Waals surface area (Å²) in [5.41, 5.74) is 0.189. The van der Waals surface area contributed by atoms with Gasteiger partial charge in [0.2, 0.25) is 0 Å². The third kappa shape index (κ3) is 6.01. The number of ether oxygens (including phenoxy) is 2. The van der Waals surface area contributed by atoms with Crippen LogP contribution in [0.2, 0.25) is 0 Å². The number of esters is 1. The molecule has 1 aliphatic heterocycles. The van der Waals surface area contributed by atoms with Crippen LogP contribution in [-0.2, 0) is 14.3 Å². The quantitative estimate of drug-likeness (QED) is 0.465. The Morgan fingerprint density at radius 2 is 2.07 bits per heavy atom. The lowest BCUT2D eigenvalue weighted by molar-refractivity contribution is -0.125. The number of hydrogen-bond donors (Lipinski definition) is 2. The maximum Gasteiger partial charge on any atom is 0.358 e. The van der Waals surface area contributed by atoms with E-state index < -0.39 is 5.97 Å². The van der Waals surface area contributed by atoms with Gasteiger partial charge in [0.1, 0.15) is 0 Å². The molecule has 0 radical (unpaired) electrons. The van der Waals surface area contributed by atoms with Gasteiger partial charge in [-0.2, -0.15) is 0 Å². The zero-order valence-corrected chi connectivity index (χ0v) is 17.6. The third-order valence-electron chi connectivity index (χ3n) is 5.53. The first kappa shape index (κ1) is 21.7. The fraction of sp³-hybridized carbons (Fsp3) is 0.650. The summed E-state index contributed by atoms with van der Waals surface area (Å²) in [5, 5.41) is 8.23. The Bertz CT molecular complexity index is 696. The highest BCUT2D eigenvalue weighted by Crippen LogP contribution is 2.33. The van der Waals surface area contributed by atoms with Crippen LogP contribution in [0.4, 0.5) is 5.13 Å². The second kappa shape index (κ2) is 10.7. The second-order valence-electron chi connectivity index (χ2n) is 7.44. The molecule has 160 valence electrons. The van der Waals surface area contributed by atoms with E-state index in [0.717, 1.165) is 39.1 Å². The van der Waals surface area contributed by atoms with Gasteiger partial charge < -0.3 is 20.1 Å². The van der Waals surface area contributed by atoms with E-state index in [2.05, 4.69) is 27.1 Å². The molecule has 1 aromatic rings. The monoisotopic (exact) mass is 422 g/mol. The molecule has 2 N–H and O–H groups in total. The molecule has 1 amide bonds. The van der Waals surface area contributed by atoms with E-state index in [4.69, 9.17) is 9.47 Å². The zero-order chi connectivity index (χ0) is 20.5. The number of aromatic nitrogens is 1. The molecule has 1 saturated carbocycles. The first-order valence-electron chi connectivity index (χ1n) is 10.2. The molecule has 2 heterocycles. The van der Waals surface area contributed by atoms with Crippen LogP contribution in [0.5, 0.6) is 0 Å². The van der Waals surface area contributed by atoms with E-state index >= 15 is 0 Å². The Morgan fingerprint density at radius 1 is 1.31 bits per heavy atom. The number of hydrogen-bond acceptors (Lipinski definition) is 8. The van der Waals surface area contributed by atoms with Crippen molar-refractivity contribution in [3.63, 3.8) is 0 Å². The predicted molar refractivity (Wildman–Crippen MR) is 112 cm³/mol. The predicted octanol–water partition coefficient (Wildman–Crippen LogP) is 2.05. The molecule has 29 heavy (non-hydrogen) atoms. The number of carbonyl (C=O) groups is 2. The molecule has 1 aromatic heterocycles. The number of carbonyl (C=O) groups excluding carboxylic acids is 2. The smallest absolute Gasteiger partial charge is 0.358 e. The van der Waals surface area contributed by atoms with Gasteiger partial charge in [0.05, 0.1) is 13.2 Å². The van der Waals surface area contributed by atoms with Crippen LogP contribution in [0.1, 0.15) is 42.6 Å². The molecule has 2 aliphatic rings. The number of thiazole rings is 1. The number of nitrogens with one attached hydrogen (secondary N) is 2. The van der Waals surface area contributed by atoms with Crippen LogP contribution in [-0.4, -0.2) is 73.3 Å². The normalized spacial score (nSPS) is 19.3. The summed E-state index contributed by atoms with van der Waals surface area (Å²) in [6.45, 7) is 7.75. The minimum atomic E-state index is -0.594. The van der Waals surface area contributed by atoms with Crippen molar-refractivity contribution in [2.45, 2.75) is 37.6 Å². The van der Waals surface area contributed by atoms with Gasteiger partial charge in [0.25, 0.3) is 5.91 Å². The lowest BCUT2D eigenvalue weighted by Gasteiger charge is -2.48. The third-order valence-corrected chi connectivity index (χ3v) is 6.33. The largest absolute Gasteiger partial charge is 0.451 e. The second-order valence-corrected chi connectivity index (χ2v) is 8.30. The molecule has 8 nitrogen and oxygen atoms in total. The lowest BCUT2D eigenvalue weighted by Crippen LogP contribution is -2.59. The van der Waals surface area contributed by atoms with Gasteiger partial charge in [0, 0.05) is 37.1 Å². The van der Waals surface area contributed by atoms with Crippen molar-refractivity contribution in [2.75, 3.05) is 51.3 Å². The van der Waals surface area contributed by atoms with Gasteiger partial charge in [-0.15, -0.1) is 17.9 Å². The van der Waals surface area contributed by atoms with Gasteiger partial charge >= 0.3 is 5.97 Å². The molecular weight excluding hydrogens is 392 g/mol. The number of amides is 1. The first-order valence-corrected chi connectivity index (χ1v) is 11.1. The first-order chi connectivity index (χ1) is 14.1. The van der Waals surface area contributed by atoms with E-state index in [0.29, 0.717) is 18.2 Å². The highest BCUT2D eigenvalue weighted by atomic mass is 32.1. The molecular formula is C20H30N4O4S. The molecule has 1 aliphatic carbocycles. The van der Waals surface area contributed by atoms with Crippen LogP contribution >= 0.6 is 11.3 Å². The molecule has 9 heteroatoms. The van der Waals surface area contributed by atoms with Crippen molar-refractivity contribution in [3.8, 4) is 0 Å². The van der Waals surface area contributed by atoms with Gasteiger partial charge in [-0.25, -0.2) is 9.78 Å². The fourth-order valence-electron chi connectivity index (χ4n) is 3.98. The van der Waals surface area contributed by atoms with Gasteiger partial charge in [0.15, 0.2) is 17.4 Å². The average molecular weight is 423 g/mol.